The van der Waals surface area contributed by atoms with Crippen LogP contribution >= 0.6 is 0 Å². The van der Waals surface area contributed by atoms with Gasteiger partial charge in [-0.3, -0.25) is 34.3 Å². The number of hydrogen-bond donors (Lipinski definition) is 7. The zero-order valence-electron chi connectivity index (χ0n) is 72.1. The number of Topliss-reactive ketones (excluding diaryl/α,β-unsaturated/α-hetero) is 2. The number of para-hydroxylation sites is 3. The molecule has 120 heavy (non-hydrogen) atoms. The maximum atomic E-state index is 13.1. The summed E-state index contributed by atoms with van der Waals surface area (Å²) in [7, 11) is 22.4. The molecule has 640 valence electrons. The van der Waals surface area contributed by atoms with Gasteiger partial charge in [0, 0.05) is 141 Å². The van der Waals surface area contributed by atoms with Gasteiger partial charge in [-0.05, 0) is 142 Å². The van der Waals surface area contributed by atoms with E-state index in [2.05, 4.69) is 99.0 Å². The fourth-order valence-corrected chi connectivity index (χ4v) is 14.7. The van der Waals surface area contributed by atoms with Crippen molar-refractivity contribution in [2.45, 2.75) is 112 Å². The van der Waals surface area contributed by atoms with Gasteiger partial charge in [-0.1, -0.05) is 188 Å². The van der Waals surface area contributed by atoms with Crippen molar-refractivity contribution in [1.82, 2.24) is 41.0 Å². The molecule has 1 aromatic heterocycles. The highest BCUT2D eigenvalue weighted by Gasteiger charge is 2.41. The predicted molar refractivity (Wildman–Crippen MR) is 475 cm³/mol. The van der Waals surface area contributed by atoms with E-state index in [4.69, 9.17) is 55.0 Å². The first-order valence-electron chi connectivity index (χ1n) is 40.4. The molecular formula is C96H124N12O12. The van der Waals surface area contributed by atoms with Crippen LogP contribution in [0.4, 0.5) is 5.95 Å². The van der Waals surface area contributed by atoms with Crippen LogP contribution < -0.4 is 51.8 Å². The number of ether oxygens (including phenoxy) is 7. The number of hydrogen-bond acceptors (Lipinski definition) is 19. The SMILES string of the molecule is CN(C)C(=N)N.COC(OC)N(C)C.COC[C@@H](N)Cc1ccccc1.COC[C@H](Cc1ccccc1)N/C=C1/CC(CNC(=O)c2ccccc2OC)(c2ccccc2)CCC1=O.COc1ccccc1C(=O)NCC1(c2ccccc2)CCC(=O)CC1.COc1ccccc1C(=O)NCC1(c2ccccc2)CCc2nc(N(C)C)ncc2C1. The minimum atomic E-state index is -0.406. The summed E-state index contributed by atoms with van der Waals surface area (Å²) in [5.74, 6) is 2.47. The van der Waals surface area contributed by atoms with Crippen LogP contribution in [-0.4, -0.2) is 198 Å². The molecule has 0 saturated heterocycles. The van der Waals surface area contributed by atoms with Crippen molar-refractivity contribution in [1.29, 1.82) is 5.41 Å². The molecule has 4 atom stereocenters. The van der Waals surface area contributed by atoms with E-state index in [9.17, 15) is 24.0 Å². The molecule has 2 fully saturated rings. The molecule has 24 heteroatoms. The summed E-state index contributed by atoms with van der Waals surface area (Å²) < 4.78 is 36.1. The summed E-state index contributed by atoms with van der Waals surface area (Å²) >= 11 is 0. The smallest absolute Gasteiger partial charge is 0.255 e. The highest BCUT2D eigenvalue weighted by Crippen LogP contribution is 2.42. The molecule has 9 N–H and O–H groups in total. The number of nitrogens with one attached hydrogen (secondary N) is 5. The van der Waals surface area contributed by atoms with Gasteiger partial charge in [0.25, 0.3) is 17.7 Å². The standard InChI is InChI=1S/C32H36N2O4.C25H28N4O2.C21H23NO3.C10H15NO.C5H13NO2.C3H9N3/c1-37-22-27(19-24-11-5-3-6-12-24)33-21-25-20-32(18-17-29(25)35,26-13-7-4-8-14-26)23-34-31(36)28-15-9-10-16-30(28)38-2;1-29(2)24-26-16-18-15-25(14-13-21(18)28-24,19-9-5-4-6-10-19)17-27-23(30)20-11-7-8-12-22(20)31-3;1-25-19-10-6-5-9-18(19)20(24)22-15-21(13-11-17(23)12-14-21)16-7-3-2-4-8-16;1-12-8-10(11)7-9-5-3-2-4-6-9;1-6(2)5(7-3)8-4;1-6(2)3(4)5/h3-16,21,27,33H,17-20,22-23H2,1-2H3,(H,34,36);4-12,16H,13-15,17H2,1-3H3,(H,27,30);2-10H,11-15H2,1H3,(H,22,24);2-6,10H,7-8,11H2,1H3;5H,1-4H3;1-2H3,(H3,4,5)/b25-21-;;;;;/t27-,32?;;;10-;;/m0..0../s1. The van der Waals surface area contributed by atoms with E-state index in [1.54, 1.807) is 100 Å². The van der Waals surface area contributed by atoms with Crippen LogP contribution in [0.5, 0.6) is 17.2 Å². The Hall–Kier alpha value is -11.6. The monoisotopic (exact) mass is 1640 g/mol. The number of rotatable bonds is 29. The van der Waals surface area contributed by atoms with Gasteiger partial charge < -0.3 is 75.7 Å². The first-order chi connectivity index (χ1) is 57.9. The number of methoxy groups -OCH3 is 7. The number of carbonyl (C=O) groups is 5. The number of anilines is 1. The second-order valence-corrected chi connectivity index (χ2v) is 30.5. The molecule has 2 saturated carbocycles. The molecule has 8 aromatic carbocycles. The lowest BCUT2D eigenvalue weighted by atomic mass is 9.67. The van der Waals surface area contributed by atoms with Crippen LogP contribution in [0.15, 0.2) is 242 Å². The summed E-state index contributed by atoms with van der Waals surface area (Å²) in [5.41, 5.74) is 20.5. The van der Waals surface area contributed by atoms with Gasteiger partial charge in [0.15, 0.2) is 11.7 Å². The first kappa shape index (κ1) is 95.5. The summed E-state index contributed by atoms with van der Waals surface area (Å²) in [6, 6.07) is 73.0. The van der Waals surface area contributed by atoms with Crippen molar-refractivity contribution in [3.05, 3.63) is 298 Å². The molecule has 0 spiro atoms. The van der Waals surface area contributed by atoms with Crippen LogP contribution in [0, 0.1) is 5.41 Å². The van der Waals surface area contributed by atoms with Crippen LogP contribution in [0.25, 0.3) is 0 Å². The van der Waals surface area contributed by atoms with Gasteiger partial charge in [0.2, 0.25) is 12.4 Å². The van der Waals surface area contributed by atoms with Gasteiger partial charge >= 0.3 is 0 Å². The van der Waals surface area contributed by atoms with Crippen LogP contribution in [0.2, 0.25) is 0 Å². The van der Waals surface area contributed by atoms with E-state index in [0.717, 1.165) is 73.3 Å². The van der Waals surface area contributed by atoms with Gasteiger partial charge in [-0.15, -0.1) is 0 Å². The Morgan fingerprint density at radius 1 is 0.492 bits per heavy atom. The molecule has 1 heterocycles. The molecule has 24 nitrogen and oxygen atoms in total. The van der Waals surface area contributed by atoms with Crippen molar-refractivity contribution >= 4 is 41.2 Å². The number of ketones is 2. The number of allylic oxidation sites excluding steroid dienone is 1. The topological polar surface area (TPSA) is 309 Å². The van der Waals surface area contributed by atoms with Crippen LogP contribution in [0.3, 0.4) is 0 Å². The molecule has 3 aliphatic rings. The van der Waals surface area contributed by atoms with Crippen molar-refractivity contribution in [2.75, 3.05) is 130 Å². The molecular weight excluding hydrogens is 1510 g/mol. The Kier molecular flexibility index (Phi) is 39.5. The van der Waals surface area contributed by atoms with Crippen LogP contribution in [0.1, 0.15) is 122 Å². The Morgan fingerprint density at radius 3 is 1.26 bits per heavy atom. The van der Waals surface area contributed by atoms with E-state index < -0.39 is 5.41 Å². The summed E-state index contributed by atoms with van der Waals surface area (Å²) in [5, 5.41) is 19.5. The third-order valence-electron chi connectivity index (χ3n) is 21.4. The number of aryl methyl sites for hydroxylation is 1. The summed E-state index contributed by atoms with van der Waals surface area (Å²) in [6.07, 6.45) is 12.1. The number of aromatic nitrogens is 2. The van der Waals surface area contributed by atoms with E-state index in [-0.39, 0.29) is 58.8 Å². The number of amides is 3. The van der Waals surface area contributed by atoms with Crippen molar-refractivity contribution in [2.24, 2.45) is 11.5 Å². The highest BCUT2D eigenvalue weighted by atomic mass is 16.7. The molecule has 0 bridgehead atoms. The van der Waals surface area contributed by atoms with Gasteiger partial charge in [0.1, 0.15) is 23.0 Å². The molecule has 2 unspecified atom stereocenters. The van der Waals surface area contributed by atoms with Crippen LogP contribution in [-0.2, 0) is 70.5 Å². The lowest BCUT2D eigenvalue weighted by molar-refractivity contribution is -0.179. The fourth-order valence-electron chi connectivity index (χ4n) is 14.7. The number of benzene rings is 8. The number of carbonyl (C=O) groups excluding carboxylic acids is 5. The van der Waals surface area contributed by atoms with Gasteiger partial charge in [-0.25, -0.2) is 9.97 Å². The first-order valence-corrected chi connectivity index (χ1v) is 40.4. The Balaban J connectivity index is 0.000000218. The molecule has 0 aliphatic heterocycles. The molecule has 3 aliphatic carbocycles. The Morgan fingerprint density at radius 2 is 0.867 bits per heavy atom. The molecule has 9 aromatic rings. The second kappa shape index (κ2) is 49.7. The third-order valence-corrected chi connectivity index (χ3v) is 21.4. The maximum absolute atomic E-state index is 13.1. The molecule has 12 rings (SSSR count). The van der Waals surface area contributed by atoms with E-state index in [0.29, 0.717) is 105 Å². The average molecular weight is 1640 g/mol. The van der Waals surface area contributed by atoms with Gasteiger partial charge in [0.05, 0.1) is 57.3 Å². The van der Waals surface area contributed by atoms with Crippen molar-refractivity contribution in [3.63, 3.8) is 0 Å². The number of fused-ring (bicyclic) bond motifs is 1. The normalized spacial score (nSPS) is 16.4. The number of nitrogens with two attached hydrogens (primary N) is 2. The van der Waals surface area contributed by atoms with Crippen molar-refractivity contribution in [3.8, 4) is 17.2 Å². The highest BCUT2D eigenvalue weighted by molar-refractivity contribution is 5.99. The maximum Gasteiger partial charge on any atom is 0.255 e. The lowest BCUT2D eigenvalue weighted by Gasteiger charge is -2.39. The molecule has 3 amide bonds. The minimum absolute atomic E-state index is 0.0287. The van der Waals surface area contributed by atoms with Gasteiger partial charge in [-0.2, -0.15) is 0 Å². The third kappa shape index (κ3) is 29.1. The second-order valence-electron chi connectivity index (χ2n) is 30.5. The largest absolute Gasteiger partial charge is 0.496 e. The zero-order chi connectivity index (χ0) is 86.9. The number of nitrogens with zero attached hydrogens (tertiary/aromatic N) is 5. The van der Waals surface area contributed by atoms with Crippen molar-refractivity contribution < 1.29 is 57.1 Å². The zero-order valence-corrected chi connectivity index (χ0v) is 72.1. The quantitative estimate of drug-likeness (QED) is 0.00991. The summed E-state index contributed by atoms with van der Waals surface area (Å²) in [6.45, 7) is 2.59. The van der Waals surface area contributed by atoms with E-state index in [1.807, 2.05) is 166 Å². The lowest BCUT2D eigenvalue weighted by Crippen LogP contribution is -2.45. The molecule has 0 radical (unpaired) electrons. The fraction of sp³-hybridized carbons (Fsp3) is 0.375. The Bertz CT molecular complexity index is 4630. The average Bonchev–Trinajstić information content (AvgIpc) is 0.769. The predicted octanol–water partition coefficient (Wildman–Crippen LogP) is 12.5. The minimum Gasteiger partial charge on any atom is -0.496 e. The number of guanidine groups is 1. The Labute approximate surface area is 709 Å². The van der Waals surface area contributed by atoms with E-state index in [1.165, 1.54) is 27.2 Å². The summed E-state index contributed by atoms with van der Waals surface area (Å²) in [4.78, 5) is 78.1. The van der Waals surface area contributed by atoms with E-state index >= 15 is 0 Å².